The van der Waals surface area contributed by atoms with Gasteiger partial charge in [-0.1, -0.05) is 58.9 Å². The van der Waals surface area contributed by atoms with Crippen LogP contribution in [0, 0.1) is 34.0 Å². The Kier molecular flexibility index (Phi) is 5.07. The van der Waals surface area contributed by atoms with Crippen LogP contribution in [0.3, 0.4) is 0 Å². The molecular weight excluding hydrogens is 381 g/mol. The highest BCUT2D eigenvalue weighted by Crippen LogP contribution is 2.62. The standard InChI is InChI=1S/C24H36NO3P/c1-22(2,3)21(26)25-20-9-8-18-17-7-6-15-14-16(29(27)28)10-12-23(15,4)19(17)11-13-24(18,20)5/h6,11,13-14,17-20,29H,7-10,12H2,1-5H3,(H,25,26)(H,27,28)/t17-,18-,19+,20?,23-,24-/m0/s1. The van der Waals surface area contributed by atoms with E-state index in [-0.39, 0.29) is 28.2 Å². The van der Waals surface area contributed by atoms with Crippen LogP contribution in [0.1, 0.15) is 66.7 Å². The fraction of sp³-hybridized carbons (Fsp3) is 0.708. The van der Waals surface area contributed by atoms with E-state index in [2.05, 4.69) is 37.4 Å². The molecule has 7 atom stereocenters. The molecule has 0 aromatic heterocycles. The minimum absolute atomic E-state index is 0.00965. The Bertz CT molecular complexity index is 836. The summed E-state index contributed by atoms with van der Waals surface area (Å²) in [5.41, 5.74) is 0.951. The van der Waals surface area contributed by atoms with Gasteiger partial charge >= 0.3 is 0 Å². The van der Waals surface area contributed by atoms with Crippen molar-refractivity contribution in [3.05, 3.63) is 35.2 Å². The van der Waals surface area contributed by atoms with Crippen molar-refractivity contribution in [2.45, 2.75) is 72.8 Å². The molecule has 4 rings (SSSR count). The van der Waals surface area contributed by atoms with Crippen LogP contribution in [-0.4, -0.2) is 16.8 Å². The normalized spacial score (nSPS) is 42.1. The van der Waals surface area contributed by atoms with Crippen molar-refractivity contribution < 1.29 is 14.3 Å². The highest BCUT2D eigenvalue weighted by molar-refractivity contribution is 7.43. The smallest absolute Gasteiger partial charge is 0.225 e. The van der Waals surface area contributed by atoms with E-state index in [1.165, 1.54) is 5.57 Å². The van der Waals surface area contributed by atoms with Gasteiger partial charge in [0.1, 0.15) is 0 Å². The molecule has 1 amide bonds. The molecule has 0 bridgehead atoms. The van der Waals surface area contributed by atoms with Gasteiger partial charge in [0, 0.05) is 22.2 Å². The van der Waals surface area contributed by atoms with Crippen molar-refractivity contribution in [2.75, 3.05) is 0 Å². The Labute approximate surface area is 175 Å². The van der Waals surface area contributed by atoms with Crippen LogP contribution in [0.15, 0.2) is 35.2 Å². The average molecular weight is 418 g/mol. The lowest BCUT2D eigenvalue weighted by Crippen LogP contribution is -2.52. The topological polar surface area (TPSA) is 66.4 Å². The predicted molar refractivity (Wildman–Crippen MR) is 118 cm³/mol. The second kappa shape index (κ2) is 6.95. The van der Waals surface area contributed by atoms with Crippen molar-refractivity contribution in [1.29, 1.82) is 0 Å². The molecule has 0 saturated heterocycles. The number of allylic oxidation sites excluding steroid dienone is 5. The summed E-state index contributed by atoms with van der Waals surface area (Å²) < 4.78 is 11.6. The van der Waals surface area contributed by atoms with Gasteiger partial charge in [-0.3, -0.25) is 9.36 Å². The summed E-state index contributed by atoms with van der Waals surface area (Å²) in [6, 6.07) is 0.201. The molecule has 1 fully saturated rings. The number of amides is 1. The van der Waals surface area contributed by atoms with Crippen molar-refractivity contribution in [1.82, 2.24) is 5.32 Å². The van der Waals surface area contributed by atoms with Gasteiger partial charge in [0.2, 0.25) is 13.9 Å². The van der Waals surface area contributed by atoms with Crippen LogP contribution in [0.5, 0.6) is 0 Å². The Morgan fingerprint density at radius 2 is 2.00 bits per heavy atom. The summed E-state index contributed by atoms with van der Waals surface area (Å²) in [6.45, 7) is 10.6. The second-order valence-electron chi connectivity index (χ2n) is 11.2. The van der Waals surface area contributed by atoms with E-state index in [0.717, 1.165) is 37.4 Å². The molecule has 5 heteroatoms. The Morgan fingerprint density at radius 1 is 1.28 bits per heavy atom. The minimum atomic E-state index is -2.58. The molecule has 1 saturated carbocycles. The molecule has 4 aliphatic rings. The Balaban J connectivity index is 1.62. The monoisotopic (exact) mass is 417 g/mol. The van der Waals surface area contributed by atoms with E-state index >= 15 is 0 Å². The first kappa shape index (κ1) is 21.1. The lowest BCUT2D eigenvalue weighted by atomic mass is 9.51. The first-order valence-electron chi connectivity index (χ1n) is 11.1. The molecular formula is C24H36NO3P. The SMILES string of the molecule is CC(C)(C)C(=O)NC1CC[C@H]2[C@@H]3CC=C4C=C([PH](=O)O)CC[C@]4(C)[C@@H]3C=C[C@]12C. The van der Waals surface area contributed by atoms with E-state index in [4.69, 9.17) is 0 Å². The number of fused-ring (bicyclic) bond motifs is 5. The Hall–Kier alpha value is -1.12. The van der Waals surface area contributed by atoms with Crippen LogP contribution in [-0.2, 0) is 9.36 Å². The van der Waals surface area contributed by atoms with E-state index in [1.807, 2.05) is 26.8 Å². The molecule has 0 heterocycles. The number of hydrogen-bond acceptors (Lipinski definition) is 2. The zero-order valence-corrected chi connectivity index (χ0v) is 19.4. The van der Waals surface area contributed by atoms with Gasteiger partial charge < -0.3 is 10.2 Å². The third-order valence-corrected chi connectivity index (χ3v) is 9.41. The summed E-state index contributed by atoms with van der Waals surface area (Å²) in [7, 11) is -2.58. The molecule has 0 aromatic rings. The number of carbonyl (C=O) groups excluding carboxylic acids is 1. The maximum Gasteiger partial charge on any atom is 0.225 e. The van der Waals surface area contributed by atoms with E-state index in [1.54, 1.807) is 0 Å². The molecule has 4 nitrogen and oxygen atoms in total. The minimum Gasteiger partial charge on any atom is -0.352 e. The summed E-state index contributed by atoms with van der Waals surface area (Å²) in [5, 5.41) is 4.09. The summed E-state index contributed by atoms with van der Waals surface area (Å²) in [5.74, 6) is 1.76. The molecule has 0 aliphatic heterocycles. The number of nitrogens with one attached hydrogen (secondary N) is 1. The van der Waals surface area contributed by atoms with Gasteiger partial charge in [-0.15, -0.1) is 0 Å². The molecule has 4 aliphatic carbocycles. The van der Waals surface area contributed by atoms with Crippen LogP contribution >= 0.6 is 8.03 Å². The summed E-state index contributed by atoms with van der Waals surface area (Å²) in [4.78, 5) is 22.3. The van der Waals surface area contributed by atoms with E-state index in [0.29, 0.717) is 17.8 Å². The second-order valence-corrected chi connectivity index (χ2v) is 12.4. The van der Waals surface area contributed by atoms with Crippen LogP contribution in [0.4, 0.5) is 0 Å². The molecule has 0 radical (unpaired) electrons. The van der Waals surface area contributed by atoms with Gasteiger partial charge in [-0.2, -0.15) is 0 Å². The van der Waals surface area contributed by atoms with Crippen molar-refractivity contribution >= 4 is 13.9 Å². The van der Waals surface area contributed by atoms with E-state index < -0.39 is 8.03 Å². The quantitative estimate of drug-likeness (QED) is 0.478. The van der Waals surface area contributed by atoms with E-state index in [9.17, 15) is 14.3 Å². The molecule has 160 valence electrons. The van der Waals surface area contributed by atoms with Gasteiger partial charge in [0.25, 0.3) is 0 Å². The first-order valence-corrected chi connectivity index (χ1v) is 12.5. The van der Waals surface area contributed by atoms with Gasteiger partial charge in [0.05, 0.1) is 0 Å². The van der Waals surface area contributed by atoms with Crippen LogP contribution in [0.25, 0.3) is 0 Å². The predicted octanol–water partition coefficient (Wildman–Crippen LogP) is 5.22. The number of rotatable bonds is 2. The number of hydrogen-bond donors (Lipinski definition) is 2. The zero-order valence-electron chi connectivity index (χ0n) is 18.4. The van der Waals surface area contributed by atoms with Crippen molar-refractivity contribution in [3.8, 4) is 0 Å². The molecule has 2 N–H and O–H groups in total. The summed E-state index contributed by atoms with van der Waals surface area (Å²) in [6.07, 6.45) is 14.1. The molecule has 0 spiro atoms. The van der Waals surface area contributed by atoms with Crippen molar-refractivity contribution in [2.24, 2.45) is 34.0 Å². The summed E-state index contributed by atoms with van der Waals surface area (Å²) >= 11 is 0. The van der Waals surface area contributed by atoms with Gasteiger partial charge in [-0.05, 0) is 60.8 Å². The van der Waals surface area contributed by atoms with Gasteiger partial charge in [0.15, 0.2) is 0 Å². The lowest BCUT2D eigenvalue weighted by molar-refractivity contribution is -0.130. The maximum atomic E-state index is 12.6. The van der Waals surface area contributed by atoms with Gasteiger partial charge in [-0.25, -0.2) is 0 Å². The van der Waals surface area contributed by atoms with Crippen LogP contribution < -0.4 is 5.32 Å². The average Bonchev–Trinajstić information content (AvgIpc) is 2.96. The Morgan fingerprint density at radius 3 is 2.66 bits per heavy atom. The lowest BCUT2D eigenvalue weighted by Gasteiger charge is -2.54. The highest BCUT2D eigenvalue weighted by atomic mass is 31.1. The molecule has 0 aromatic carbocycles. The largest absolute Gasteiger partial charge is 0.352 e. The highest BCUT2D eigenvalue weighted by Gasteiger charge is 2.56. The maximum absolute atomic E-state index is 12.6. The third-order valence-electron chi connectivity index (χ3n) is 8.47. The van der Waals surface area contributed by atoms with Crippen LogP contribution in [0.2, 0.25) is 0 Å². The molecule has 2 unspecified atom stereocenters. The molecule has 29 heavy (non-hydrogen) atoms. The van der Waals surface area contributed by atoms with Crippen molar-refractivity contribution in [3.63, 3.8) is 0 Å². The first-order chi connectivity index (χ1) is 13.5. The fourth-order valence-electron chi connectivity index (χ4n) is 6.49. The fourth-order valence-corrected chi connectivity index (χ4v) is 7.11. The third kappa shape index (κ3) is 3.31. The number of carbonyl (C=O) groups is 1. The zero-order chi connectivity index (χ0) is 21.2.